The number of ether oxygens (including phenoxy) is 1. The van der Waals surface area contributed by atoms with Gasteiger partial charge in [0.2, 0.25) is 5.91 Å². The SMILES string of the molecule is COC(=O)C(=O)Nc1nc(-c2ccc3c(c2)CCCN3C(=O)C2CC2)cs1. The molecule has 0 radical (unpaired) electrons. The molecule has 0 atom stereocenters. The van der Waals surface area contributed by atoms with Gasteiger partial charge in [0.1, 0.15) is 0 Å². The topological polar surface area (TPSA) is 88.6 Å². The lowest BCUT2D eigenvalue weighted by molar-refractivity contribution is -0.150. The summed E-state index contributed by atoms with van der Waals surface area (Å²) in [6.45, 7) is 0.780. The summed E-state index contributed by atoms with van der Waals surface area (Å²) in [6.07, 6.45) is 3.88. The van der Waals surface area contributed by atoms with E-state index in [1.165, 1.54) is 11.3 Å². The van der Waals surface area contributed by atoms with Gasteiger partial charge in [0.25, 0.3) is 0 Å². The second-order valence-corrected chi connectivity index (χ2v) is 7.55. The van der Waals surface area contributed by atoms with Crippen molar-refractivity contribution in [2.75, 3.05) is 23.9 Å². The number of esters is 1. The van der Waals surface area contributed by atoms with Crippen molar-refractivity contribution >= 4 is 39.9 Å². The first-order valence-electron chi connectivity index (χ1n) is 8.86. The molecule has 1 fully saturated rings. The summed E-state index contributed by atoms with van der Waals surface area (Å²) in [7, 11) is 1.15. The molecule has 1 aliphatic heterocycles. The Hall–Kier alpha value is -2.74. The van der Waals surface area contributed by atoms with Gasteiger partial charge in [0, 0.05) is 29.1 Å². The van der Waals surface area contributed by atoms with Crippen LogP contribution in [0, 0.1) is 5.92 Å². The van der Waals surface area contributed by atoms with Gasteiger partial charge in [0.05, 0.1) is 12.8 Å². The molecule has 27 heavy (non-hydrogen) atoms. The molecule has 0 unspecified atom stereocenters. The molecule has 2 aromatic rings. The van der Waals surface area contributed by atoms with Crippen LogP contribution in [0.4, 0.5) is 10.8 Å². The summed E-state index contributed by atoms with van der Waals surface area (Å²) in [5.41, 5.74) is 3.77. The van der Waals surface area contributed by atoms with Crippen LogP contribution in [-0.4, -0.2) is 36.4 Å². The molecule has 8 heteroatoms. The highest BCUT2D eigenvalue weighted by Gasteiger charge is 2.35. The number of rotatable bonds is 3. The van der Waals surface area contributed by atoms with Crippen LogP contribution in [0.2, 0.25) is 0 Å². The van der Waals surface area contributed by atoms with Crippen LogP contribution in [0.1, 0.15) is 24.8 Å². The van der Waals surface area contributed by atoms with E-state index in [0.29, 0.717) is 10.8 Å². The van der Waals surface area contributed by atoms with Gasteiger partial charge in [-0.2, -0.15) is 0 Å². The Morgan fingerprint density at radius 2 is 2.11 bits per heavy atom. The molecule has 2 heterocycles. The third-order valence-electron chi connectivity index (χ3n) is 4.78. The maximum Gasteiger partial charge on any atom is 0.396 e. The van der Waals surface area contributed by atoms with Crippen LogP contribution < -0.4 is 10.2 Å². The summed E-state index contributed by atoms with van der Waals surface area (Å²) in [5, 5.41) is 4.59. The molecular formula is C19H19N3O4S. The first kappa shape index (κ1) is 17.7. The molecule has 1 aromatic heterocycles. The van der Waals surface area contributed by atoms with Gasteiger partial charge < -0.3 is 9.64 Å². The third kappa shape index (κ3) is 3.57. The molecule has 1 aliphatic carbocycles. The van der Waals surface area contributed by atoms with Crippen molar-refractivity contribution in [2.24, 2.45) is 5.92 Å². The molecule has 1 aromatic carbocycles. The monoisotopic (exact) mass is 385 g/mol. The number of amides is 2. The molecule has 7 nitrogen and oxygen atoms in total. The Morgan fingerprint density at radius 3 is 2.85 bits per heavy atom. The summed E-state index contributed by atoms with van der Waals surface area (Å²) < 4.78 is 4.38. The van der Waals surface area contributed by atoms with Crippen molar-refractivity contribution in [1.29, 1.82) is 0 Å². The van der Waals surface area contributed by atoms with E-state index in [0.717, 1.165) is 56.2 Å². The summed E-state index contributed by atoms with van der Waals surface area (Å²) in [5.74, 6) is -1.36. The van der Waals surface area contributed by atoms with E-state index in [9.17, 15) is 14.4 Å². The van der Waals surface area contributed by atoms with Gasteiger partial charge in [-0.15, -0.1) is 11.3 Å². The second kappa shape index (κ2) is 7.11. The minimum Gasteiger partial charge on any atom is -0.462 e. The molecule has 0 saturated heterocycles. The fourth-order valence-electron chi connectivity index (χ4n) is 3.24. The third-order valence-corrected chi connectivity index (χ3v) is 5.54. The van der Waals surface area contributed by atoms with E-state index in [1.54, 1.807) is 0 Å². The number of hydrogen-bond donors (Lipinski definition) is 1. The van der Waals surface area contributed by atoms with E-state index in [2.05, 4.69) is 21.1 Å². The number of anilines is 2. The molecule has 4 rings (SSSR count). The average molecular weight is 385 g/mol. The Labute approximate surface area is 160 Å². The molecular weight excluding hydrogens is 366 g/mol. The van der Waals surface area contributed by atoms with Crippen molar-refractivity contribution < 1.29 is 19.1 Å². The van der Waals surface area contributed by atoms with Gasteiger partial charge in [-0.3, -0.25) is 14.9 Å². The number of nitrogens with zero attached hydrogens (tertiary/aromatic N) is 2. The average Bonchev–Trinajstić information content (AvgIpc) is 3.44. The zero-order valence-electron chi connectivity index (χ0n) is 14.9. The van der Waals surface area contributed by atoms with Gasteiger partial charge in [0.15, 0.2) is 5.13 Å². The maximum absolute atomic E-state index is 12.5. The smallest absolute Gasteiger partial charge is 0.396 e. The van der Waals surface area contributed by atoms with E-state index < -0.39 is 11.9 Å². The first-order valence-corrected chi connectivity index (χ1v) is 9.74. The van der Waals surface area contributed by atoms with Crippen molar-refractivity contribution in [1.82, 2.24) is 4.98 Å². The fraction of sp³-hybridized carbons (Fsp3) is 0.368. The molecule has 0 bridgehead atoms. The van der Waals surface area contributed by atoms with Crippen LogP contribution >= 0.6 is 11.3 Å². The normalized spacial score (nSPS) is 15.8. The highest BCUT2D eigenvalue weighted by Crippen LogP contribution is 2.37. The van der Waals surface area contributed by atoms with Crippen LogP contribution in [0.5, 0.6) is 0 Å². The minimum absolute atomic E-state index is 0.204. The predicted molar refractivity (Wildman–Crippen MR) is 102 cm³/mol. The number of fused-ring (bicyclic) bond motifs is 1. The lowest BCUT2D eigenvalue weighted by Crippen LogP contribution is -2.36. The van der Waals surface area contributed by atoms with Gasteiger partial charge in [-0.25, -0.2) is 9.78 Å². The van der Waals surface area contributed by atoms with E-state index in [4.69, 9.17) is 0 Å². The number of hydrogen-bond acceptors (Lipinski definition) is 6. The lowest BCUT2D eigenvalue weighted by Gasteiger charge is -2.30. The number of aromatic nitrogens is 1. The number of carbonyl (C=O) groups excluding carboxylic acids is 3. The van der Waals surface area contributed by atoms with Crippen LogP contribution in [0.25, 0.3) is 11.3 Å². The van der Waals surface area contributed by atoms with Gasteiger partial charge in [-0.1, -0.05) is 6.07 Å². The molecule has 2 aliphatic rings. The first-order chi connectivity index (χ1) is 13.1. The number of methoxy groups -OCH3 is 1. The quantitative estimate of drug-likeness (QED) is 0.648. The standard InChI is InChI=1S/C19H19N3O4S/c1-26-18(25)16(23)21-19-20-14(10-27-19)12-6-7-15-13(9-12)3-2-8-22(15)17(24)11-4-5-11/h6-7,9-11H,2-5,8H2,1H3,(H,20,21,23). The molecule has 0 spiro atoms. The second-order valence-electron chi connectivity index (χ2n) is 6.69. The highest BCUT2D eigenvalue weighted by atomic mass is 32.1. The Balaban J connectivity index is 1.54. The van der Waals surface area contributed by atoms with Crippen molar-refractivity contribution in [2.45, 2.75) is 25.7 Å². The van der Waals surface area contributed by atoms with Crippen LogP contribution in [-0.2, 0) is 25.5 Å². The molecule has 140 valence electrons. The lowest BCUT2D eigenvalue weighted by atomic mass is 9.98. The van der Waals surface area contributed by atoms with Crippen molar-refractivity contribution in [3.05, 3.63) is 29.1 Å². The number of nitrogens with one attached hydrogen (secondary N) is 1. The van der Waals surface area contributed by atoms with E-state index in [1.807, 2.05) is 22.4 Å². The van der Waals surface area contributed by atoms with E-state index in [-0.39, 0.29) is 11.8 Å². The highest BCUT2D eigenvalue weighted by molar-refractivity contribution is 7.14. The van der Waals surface area contributed by atoms with Crippen LogP contribution in [0.15, 0.2) is 23.6 Å². The predicted octanol–water partition coefficient (Wildman–Crippen LogP) is 2.61. The van der Waals surface area contributed by atoms with Crippen molar-refractivity contribution in [3.8, 4) is 11.3 Å². The summed E-state index contributed by atoms with van der Waals surface area (Å²) in [4.78, 5) is 41.6. The number of aryl methyl sites for hydroxylation is 1. The Kier molecular flexibility index (Phi) is 4.65. The zero-order valence-corrected chi connectivity index (χ0v) is 15.7. The Morgan fingerprint density at radius 1 is 1.30 bits per heavy atom. The number of thiazole rings is 1. The molecule has 1 saturated carbocycles. The summed E-state index contributed by atoms with van der Waals surface area (Å²) >= 11 is 1.24. The van der Waals surface area contributed by atoms with Crippen molar-refractivity contribution in [3.63, 3.8) is 0 Å². The molecule has 1 N–H and O–H groups in total. The Bertz CT molecular complexity index is 919. The van der Waals surface area contributed by atoms with Gasteiger partial charge in [-0.05, 0) is 43.4 Å². The van der Waals surface area contributed by atoms with Gasteiger partial charge >= 0.3 is 11.9 Å². The number of benzene rings is 1. The minimum atomic E-state index is -0.957. The summed E-state index contributed by atoms with van der Waals surface area (Å²) in [6, 6.07) is 5.98. The number of carbonyl (C=O) groups is 3. The van der Waals surface area contributed by atoms with E-state index >= 15 is 0 Å². The fourth-order valence-corrected chi connectivity index (χ4v) is 3.96. The largest absolute Gasteiger partial charge is 0.462 e. The van der Waals surface area contributed by atoms with Crippen LogP contribution in [0.3, 0.4) is 0 Å². The maximum atomic E-state index is 12.5. The zero-order chi connectivity index (χ0) is 19.0. The molecule has 2 amide bonds.